The van der Waals surface area contributed by atoms with E-state index >= 15 is 0 Å². The van der Waals surface area contributed by atoms with Crippen molar-refractivity contribution in [3.05, 3.63) is 48.0 Å². The van der Waals surface area contributed by atoms with Gasteiger partial charge >= 0.3 is 0 Å². The summed E-state index contributed by atoms with van der Waals surface area (Å²) in [4.78, 5) is 16.5. The van der Waals surface area contributed by atoms with E-state index in [0.717, 1.165) is 18.7 Å². The van der Waals surface area contributed by atoms with Crippen LogP contribution in [0.3, 0.4) is 0 Å². The maximum atomic E-state index is 13.0. The molecule has 2 rings (SSSR count). The molecule has 0 N–H and O–H groups in total. The quantitative estimate of drug-likeness (QED) is 0.787. The second kappa shape index (κ2) is 7.87. The van der Waals surface area contributed by atoms with E-state index in [2.05, 4.69) is 5.10 Å². The fraction of sp³-hybridized carbons (Fsp3) is 0.412. The Morgan fingerprint density at radius 1 is 1.13 bits per heavy atom. The first-order chi connectivity index (χ1) is 11.0. The minimum Gasteiger partial charge on any atom is -0.336 e. The van der Waals surface area contributed by atoms with Crippen LogP contribution >= 0.6 is 0 Å². The van der Waals surface area contributed by atoms with E-state index in [1.807, 2.05) is 30.8 Å². The van der Waals surface area contributed by atoms with Crippen molar-refractivity contribution in [3.63, 3.8) is 0 Å². The molecule has 5 nitrogen and oxygen atoms in total. The van der Waals surface area contributed by atoms with Crippen molar-refractivity contribution in [2.45, 2.75) is 13.3 Å². The number of aromatic nitrogens is 2. The maximum Gasteiger partial charge on any atom is 0.274 e. The van der Waals surface area contributed by atoms with Crippen LogP contribution in [-0.2, 0) is 0 Å². The van der Waals surface area contributed by atoms with E-state index in [1.54, 1.807) is 29.1 Å². The number of halogens is 1. The van der Waals surface area contributed by atoms with Crippen LogP contribution in [-0.4, -0.2) is 59.2 Å². The Labute approximate surface area is 136 Å². The van der Waals surface area contributed by atoms with Gasteiger partial charge in [-0.15, -0.1) is 0 Å². The van der Waals surface area contributed by atoms with Crippen molar-refractivity contribution in [2.75, 3.05) is 33.7 Å². The van der Waals surface area contributed by atoms with Gasteiger partial charge < -0.3 is 9.80 Å². The third-order valence-electron chi connectivity index (χ3n) is 3.50. The summed E-state index contributed by atoms with van der Waals surface area (Å²) in [6.07, 6.45) is 2.62. The number of carbonyl (C=O) groups is 1. The van der Waals surface area contributed by atoms with Crippen molar-refractivity contribution in [2.24, 2.45) is 0 Å². The van der Waals surface area contributed by atoms with Crippen molar-refractivity contribution < 1.29 is 9.18 Å². The monoisotopic (exact) mass is 318 g/mol. The highest BCUT2D eigenvalue weighted by Crippen LogP contribution is 2.10. The molecule has 0 fully saturated rings. The molecule has 0 atom stereocenters. The van der Waals surface area contributed by atoms with Crippen LogP contribution in [0, 0.1) is 5.82 Å². The van der Waals surface area contributed by atoms with Gasteiger partial charge in [-0.25, -0.2) is 9.07 Å². The van der Waals surface area contributed by atoms with E-state index in [0.29, 0.717) is 18.8 Å². The average Bonchev–Trinajstić information content (AvgIpc) is 3.01. The predicted octanol–water partition coefficient (Wildman–Crippen LogP) is 2.43. The number of rotatable bonds is 7. The Kier molecular flexibility index (Phi) is 5.87. The van der Waals surface area contributed by atoms with Crippen molar-refractivity contribution in [3.8, 4) is 5.69 Å². The van der Waals surface area contributed by atoms with E-state index in [9.17, 15) is 9.18 Å². The number of carbonyl (C=O) groups excluding carboxylic acids is 1. The molecular formula is C17H23FN4O. The number of hydrogen-bond acceptors (Lipinski definition) is 3. The second-order valence-electron chi connectivity index (χ2n) is 5.72. The van der Waals surface area contributed by atoms with E-state index < -0.39 is 0 Å². The number of hydrogen-bond donors (Lipinski definition) is 0. The molecule has 1 aromatic carbocycles. The molecule has 2 aromatic rings. The Hall–Kier alpha value is -2.21. The molecule has 23 heavy (non-hydrogen) atoms. The Bertz CT molecular complexity index is 636. The van der Waals surface area contributed by atoms with Crippen LogP contribution in [0.5, 0.6) is 0 Å². The fourth-order valence-electron chi connectivity index (χ4n) is 2.24. The largest absolute Gasteiger partial charge is 0.336 e. The van der Waals surface area contributed by atoms with Crippen LogP contribution in [0.2, 0.25) is 0 Å². The molecule has 6 heteroatoms. The van der Waals surface area contributed by atoms with Crippen LogP contribution in [0.1, 0.15) is 23.8 Å². The lowest BCUT2D eigenvalue weighted by Gasteiger charge is -2.23. The minimum absolute atomic E-state index is 0.0745. The molecular weight excluding hydrogens is 295 g/mol. The highest BCUT2D eigenvalue weighted by Gasteiger charge is 2.18. The zero-order valence-corrected chi connectivity index (χ0v) is 13.9. The summed E-state index contributed by atoms with van der Waals surface area (Å²) in [6.45, 7) is 4.23. The molecule has 0 saturated carbocycles. The number of amides is 1. The summed E-state index contributed by atoms with van der Waals surface area (Å²) in [6, 6.07) is 7.71. The highest BCUT2D eigenvalue weighted by atomic mass is 19.1. The molecule has 1 amide bonds. The summed E-state index contributed by atoms with van der Waals surface area (Å²) in [5, 5.41) is 4.33. The van der Waals surface area contributed by atoms with E-state index in [1.165, 1.54) is 12.1 Å². The smallest absolute Gasteiger partial charge is 0.274 e. The zero-order chi connectivity index (χ0) is 16.8. The topological polar surface area (TPSA) is 41.4 Å². The lowest BCUT2D eigenvalue weighted by molar-refractivity contribution is 0.0738. The van der Waals surface area contributed by atoms with Gasteiger partial charge in [0.2, 0.25) is 0 Å². The molecule has 1 heterocycles. The van der Waals surface area contributed by atoms with Gasteiger partial charge in [0.25, 0.3) is 5.91 Å². The van der Waals surface area contributed by atoms with Crippen molar-refractivity contribution in [1.29, 1.82) is 0 Å². The predicted molar refractivity (Wildman–Crippen MR) is 88.3 cm³/mol. The first kappa shape index (κ1) is 17.1. The van der Waals surface area contributed by atoms with E-state index in [4.69, 9.17) is 0 Å². The van der Waals surface area contributed by atoms with E-state index in [-0.39, 0.29) is 11.7 Å². The van der Waals surface area contributed by atoms with Crippen LogP contribution in [0.25, 0.3) is 5.69 Å². The summed E-state index contributed by atoms with van der Waals surface area (Å²) in [5.41, 5.74) is 1.13. The summed E-state index contributed by atoms with van der Waals surface area (Å²) in [5.74, 6) is -0.371. The molecule has 124 valence electrons. The van der Waals surface area contributed by atoms with Gasteiger partial charge in [0.05, 0.1) is 5.69 Å². The zero-order valence-electron chi connectivity index (χ0n) is 13.9. The molecule has 0 bridgehead atoms. The molecule has 0 radical (unpaired) electrons. The Morgan fingerprint density at radius 2 is 1.83 bits per heavy atom. The molecule has 0 unspecified atom stereocenters. The lowest BCUT2D eigenvalue weighted by atomic mass is 10.3. The summed E-state index contributed by atoms with van der Waals surface area (Å²) < 4.78 is 14.6. The Balaban J connectivity index is 2.13. The third kappa shape index (κ3) is 4.63. The molecule has 1 aromatic heterocycles. The normalized spacial score (nSPS) is 11.0. The average molecular weight is 318 g/mol. The molecule has 0 saturated heterocycles. The SMILES string of the molecule is CCCN(CCN(C)C)C(=O)c1ccn(-c2ccc(F)cc2)n1. The Morgan fingerprint density at radius 3 is 2.43 bits per heavy atom. The number of benzene rings is 1. The fourth-order valence-corrected chi connectivity index (χ4v) is 2.24. The van der Waals surface area contributed by atoms with Gasteiger partial charge in [0.1, 0.15) is 5.82 Å². The van der Waals surface area contributed by atoms with Gasteiger partial charge in [0.15, 0.2) is 5.69 Å². The van der Waals surface area contributed by atoms with Crippen LogP contribution in [0.15, 0.2) is 36.5 Å². The summed E-state index contributed by atoms with van der Waals surface area (Å²) in [7, 11) is 3.97. The first-order valence-corrected chi connectivity index (χ1v) is 7.77. The second-order valence-corrected chi connectivity index (χ2v) is 5.72. The minimum atomic E-state index is -0.296. The molecule has 0 spiro atoms. The van der Waals surface area contributed by atoms with Gasteiger partial charge in [-0.1, -0.05) is 6.92 Å². The van der Waals surface area contributed by atoms with Gasteiger partial charge in [-0.05, 0) is 50.8 Å². The van der Waals surface area contributed by atoms with Gasteiger partial charge in [-0.3, -0.25) is 4.79 Å². The molecule has 0 aliphatic rings. The van der Waals surface area contributed by atoms with Gasteiger partial charge in [0, 0.05) is 25.8 Å². The van der Waals surface area contributed by atoms with Crippen molar-refractivity contribution in [1.82, 2.24) is 19.6 Å². The standard InChI is InChI=1S/C17H23FN4O/c1-4-10-21(13-12-20(2)3)17(23)16-9-11-22(19-16)15-7-5-14(18)6-8-15/h5-9,11H,4,10,12-13H2,1-3H3. The number of likely N-dealkylation sites (N-methyl/N-ethyl adjacent to an activating group) is 1. The van der Waals surface area contributed by atoms with Gasteiger partial charge in [-0.2, -0.15) is 5.10 Å². The highest BCUT2D eigenvalue weighted by molar-refractivity contribution is 5.92. The summed E-state index contributed by atoms with van der Waals surface area (Å²) >= 11 is 0. The first-order valence-electron chi connectivity index (χ1n) is 7.77. The van der Waals surface area contributed by atoms with Crippen LogP contribution < -0.4 is 0 Å². The molecule has 0 aliphatic carbocycles. The van der Waals surface area contributed by atoms with Crippen molar-refractivity contribution >= 4 is 5.91 Å². The maximum absolute atomic E-state index is 13.0. The molecule has 0 aliphatic heterocycles. The number of nitrogens with zero attached hydrogens (tertiary/aromatic N) is 4. The third-order valence-corrected chi connectivity index (χ3v) is 3.50. The van der Waals surface area contributed by atoms with Crippen LogP contribution in [0.4, 0.5) is 4.39 Å². The lowest BCUT2D eigenvalue weighted by Crippen LogP contribution is -2.37.